The van der Waals surface area contributed by atoms with E-state index in [1.165, 1.54) is 6.07 Å². The Bertz CT molecular complexity index is 717. The minimum absolute atomic E-state index is 0.0486. The number of aromatic nitrogens is 1. The van der Waals surface area contributed by atoms with E-state index in [-0.39, 0.29) is 5.43 Å². The number of hydrogen-bond acceptors (Lipinski definition) is 3. The van der Waals surface area contributed by atoms with Gasteiger partial charge in [0.2, 0.25) is 0 Å². The van der Waals surface area contributed by atoms with Gasteiger partial charge in [0.25, 0.3) is 0 Å². The Labute approximate surface area is 97.4 Å². The maximum atomic E-state index is 11.9. The van der Waals surface area contributed by atoms with Crippen molar-refractivity contribution < 1.29 is 4.42 Å². The fraction of sp³-hybridized carbons (Fsp3) is 0. The largest absolute Gasteiger partial charge is 0.454 e. The molecule has 0 unspecified atom stereocenters. The van der Waals surface area contributed by atoms with E-state index >= 15 is 0 Å². The first-order valence-electron chi connectivity index (χ1n) is 5.29. The smallest absolute Gasteiger partial charge is 0.193 e. The van der Waals surface area contributed by atoms with Crippen molar-refractivity contribution in [3.8, 4) is 11.5 Å². The fourth-order valence-electron chi connectivity index (χ4n) is 1.74. The van der Waals surface area contributed by atoms with Gasteiger partial charge in [-0.15, -0.1) is 0 Å². The van der Waals surface area contributed by atoms with E-state index in [0.717, 1.165) is 0 Å². The molecule has 3 rings (SSSR count). The summed E-state index contributed by atoms with van der Waals surface area (Å²) in [6, 6.07) is 14.2. The number of benzene rings is 1. The Morgan fingerprint density at radius 2 is 1.82 bits per heavy atom. The van der Waals surface area contributed by atoms with Gasteiger partial charge in [0.15, 0.2) is 11.2 Å². The average molecular weight is 223 g/mol. The van der Waals surface area contributed by atoms with Crippen LogP contribution in [0.25, 0.3) is 22.4 Å². The van der Waals surface area contributed by atoms with E-state index in [0.29, 0.717) is 22.4 Å². The van der Waals surface area contributed by atoms with E-state index in [1.807, 2.05) is 30.3 Å². The number of pyridine rings is 1. The maximum absolute atomic E-state index is 11.9. The molecule has 0 spiro atoms. The molecular weight excluding hydrogens is 214 g/mol. The number of para-hydroxylation sites is 1. The topological polar surface area (TPSA) is 43.1 Å². The minimum Gasteiger partial charge on any atom is -0.454 e. The predicted octanol–water partition coefficient (Wildman–Crippen LogP) is 2.86. The second kappa shape index (κ2) is 3.87. The van der Waals surface area contributed by atoms with Crippen molar-refractivity contribution in [1.29, 1.82) is 0 Å². The van der Waals surface area contributed by atoms with Crippen LogP contribution in [0.4, 0.5) is 0 Å². The lowest BCUT2D eigenvalue weighted by atomic mass is 10.2. The lowest BCUT2D eigenvalue weighted by Crippen LogP contribution is -2.00. The van der Waals surface area contributed by atoms with Gasteiger partial charge in [-0.2, -0.15) is 0 Å². The Kier molecular flexibility index (Phi) is 2.22. The van der Waals surface area contributed by atoms with Crippen molar-refractivity contribution in [3.63, 3.8) is 0 Å². The predicted molar refractivity (Wildman–Crippen MR) is 65.7 cm³/mol. The number of fused-ring (bicyclic) bond motifs is 1. The first kappa shape index (κ1) is 9.78. The molecule has 0 aliphatic heterocycles. The summed E-state index contributed by atoms with van der Waals surface area (Å²) in [5.74, 6) is 0.495. The van der Waals surface area contributed by atoms with Crippen molar-refractivity contribution >= 4 is 11.0 Å². The van der Waals surface area contributed by atoms with E-state index in [4.69, 9.17) is 4.42 Å². The van der Waals surface area contributed by atoms with Crippen LogP contribution in [0.3, 0.4) is 0 Å². The molecule has 17 heavy (non-hydrogen) atoms. The van der Waals surface area contributed by atoms with E-state index < -0.39 is 0 Å². The minimum atomic E-state index is -0.0486. The molecule has 0 fully saturated rings. The normalized spacial score (nSPS) is 10.6. The number of hydrogen-bond donors (Lipinski definition) is 0. The molecule has 82 valence electrons. The molecule has 0 aliphatic carbocycles. The second-order valence-electron chi connectivity index (χ2n) is 3.69. The van der Waals surface area contributed by atoms with Gasteiger partial charge in [-0.1, -0.05) is 18.2 Å². The van der Waals surface area contributed by atoms with Crippen LogP contribution < -0.4 is 5.43 Å². The second-order valence-corrected chi connectivity index (χ2v) is 3.69. The van der Waals surface area contributed by atoms with E-state index in [2.05, 4.69) is 4.98 Å². The molecule has 3 nitrogen and oxygen atoms in total. The van der Waals surface area contributed by atoms with Gasteiger partial charge in [-0.25, -0.2) is 0 Å². The highest BCUT2D eigenvalue weighted by molar-refractivity contribution is 5.78. The summed E-state index contributed by atoms with van der Waals surface area (Å²) >= 11 is 0. The Morgan fingerprint density at radius 1 is 1.00 bits per heavy atom. The summed E-state index contributed by atoms with van der Waals surface area (Å²) in [4.78, 5) is 16.0. The van der Waals surface area contributed by atoms with Gasteiger partial charge in [0.1, 0.15) is 11.3 Å². The molecule has 0 radical (unpaired) electrons. The van der Waals surface area contributed by atoms with Gasteiger partial charge >= 0.3 is 0 Å². The zero-order chi connectivity index (χ0) is 11.7. The summed E-state index contributed by atoms with van der Waals surface area (Å²) in [7, 11) is 0. The average Bonchev–Trinajstić information content (AvgIpc) is 2.40. The Morgan fingerprint density at radius 3 is 2.65 bits per heavy atom. The number of rotatable bonds is 1. The van der Waals surface area contributed by atoms with Crippen molar-refractivity contribution in [2.24, 2.45) is 0 Å². The molecule has 0 bridgehead atoms. The van der Waals surface area contributed by atoms with E-state index in [9.17, 15) is 4.79 Å². The third-order valence-electron chi connectivity index (χ3n) is 2.55. The van der Waals surface area contributed by atoms with Gasteiger partial charge in [-0.05, 0) is 24.3 Å². The summed E-state index contributed by atoms with van der Waals surface area (Å²) in [6.07, 6.45) is 1.67. The maximum Gasteiger partial charge on any atom is 0.193 e. The van der Waals surface area contributed by atoms with Crippen LogP contribution in [0.15, 0.2) is 63.9 Å². The summed E-state index contributed by atoms with van der Waals surface area (Å²) < 4.78 is 5.67. The van der Waals surface area contributed by atoms with Crippen LogP contribution in [0, 0.1) is 0 Å². The van der Waals surface area contributed by atoms with E-state index in [1.54, 1.807) is 18.3 Å². The zero-order valence-electron chi connectivity index (χ0n) is 8.96. The van der Waals surface area contributed by atoms with Crippen LogP contribution in [-0.2, 0) is 0 Å². The molecule has 3 aromatic rings. The molecule has 0 atom stereocenters. The molecule has 3 heteroatoms. The van der Waals surface area contributed by atoms with Crippen LogP contribution in [0.1, 0.15) is 0 Å². The van der Waals surface area contributed by atoms with Crippen LogP contribution >= 0.6 is 0 Å². The molecule has 0 amide bonds. The Hall–Kier alpha value is -2.42. The van der Waals surface area contributed by atoms with Gasteiger partial charge in [0.05, 0.1) is 5.39 Å². The quantitative estimate of drug-likeness (QED) is 0.637. The van der Waals surface area contributed by atoms with Crippen LogP contribution in [0.2, 0.25) is 0 Å². The highest BCUT2D eigenvalue weighted by atomic mass is 16.3. The van der Waals surface area contributed by atoms with Gasteiger partial charge in [-0.3, -0.25) is 9.78 Å². The highest BCUT2D eigenvalue weighted by Gasteiger charge is 2.06. The molecule has 0 saturated heterocycles. The summed E-state index contributed by atoms with van der Waals surface area (Å²) in [6.45, 7) is 0. The molecule has 1 aromatic carbocycles. The molecule has 0 saturated carbocycles. The third-order valence-corrected chi connectivity index (χ3v) is 2.55. The van der Waals surface area contributed by atoms with Crippen LogP contribution in [-0.4, -0.2) is 4.98 Å². The fourth-order valence-corrected chi connectivity index (χ4v) is 1.74. The number of nitrogens with zero attached hydrogens (tertiary/aromatic N) is 1. The zero-order valence-corrected chi connectivity index (χ0v) is 8.96. The van der Waals surface area contributed by atoms with Crippen molar-refractivity contribution in [1.82, 2.24) is 4.98 Å². The van der Waals surface area contributed by atoms with Crippen molar-refractivity contribution in [2.45, 2.75) is 0 Å². The standard InChI is InChI=1S/C14H9NO2/c16-12-9-14(11-6-3-4-8-15-11)17-13-7-2-1-5-10(12)13/h1-9H. The van der Waals surface area contributed by atoms with Crippen LogP contribution in [0.5, 0.6) is 0 Å². The molecule has 0 aliphatic rings. The molecular formula is C14H9NO2. The molecule has 2 aromatic heterocycles. The first-order valence-corrected chi connectivity index (χ1v) is 5.29. The lowest BCUT2D eigenvalue weighted by Gasteiger charge is -2.01. The van der Waals surface area contributed by atoms with Crippen molar-refractivity contribution in [2.75, 3.05) is 0 Å². The summed E-state index contributed by atoms with van der Waals surface area (Å²) in [5, 5.41) is 0.590. The lowest BCUT2D eigenvalue weighted by molar-refractivity contribution is 0.616. The van der Waals surface area contributed by atoms with Gasteiger partial charge < -0.3 is 4.42 Å². The summed E-state index contributed by atoms with van der Waals surface area (Å²) in [5.41, 5.74) is 1.20. The highest BCUT2D eigenvalue weighted by Crippen LogP contribution is 2.19. The Balaban J connectivity index is 2.30. The van der Waals surface area contributed by atoms with Crippen molar-refractivity contribution in [3.05, 3.63) is 65.0 Å². The SMILES string of the molecule is O=c1cc(-c2ccccn2)oc2ccccc12. The van der Waals surface area contributed by atoms with Gasteiger partial charge in [0, 0.05) is 12.3 Å². The first-order chi connectivity index (χ1) is 8.34. The monoisotopic (exact) mass is 223 g/mol. The molecule has 2 heterocycles. The molecule has 0 N–H and O–H groups in total. The third kappa shape index (κ3) is 1.72.